The highest BCUT2D eigenvalue weighted by molar-refractivity contribution is 7.92. The number of rotatable bonds is 8. The maximum atomic E-state index is 12.6. The van der Waals surface area contributed by atoms with Crippen LogP contribution in [0.15, 0.2) is 83.8 Å². The monoisotopic (exact) mass is 451 g/mol. The second kappa shape index (κ2) is 9.93. The number of hydrogen-bond donors (Lipinski definition) is 1. The van der Waals surface area contributed by atoms with Crippen molar-refractivity contribution in [2.75, 3.05) is 18.9 Å². The first-order valence-electron chi connectivity index (χ1n) is 9.50. The summed E-state index contributed by atoms with van der Waals surface area (Å²) in [7, 11) is -0.970. The number of nitrogens with one attached hydrogen (secondary N) is 1. The first kappa shape index (κ1) is 22.8. The second-order valence-corrected chi connectivity index (χ2v) is 8.35. The predicted octanol–water partition coefficient (Wildman–Crippen LogP) is 4.18. The summed E-state index contributed by atoms with van der Waals surface area (Å²) in [4.78, 5) is 23.9. The quantitative estimate of drug-likeness (QED) is 0.313. The molecule has 32 heavy (non-hydrogen) atoms. The van der Waals surface area contributed by atoms with Gasteiger partial charge in [-0.2, -0.15) is 0 Å². The zero-order valence-electron chi connectivity index (χ0n) is 17.4. The number of allylic oxidation sites excluding steroid dienone is 1. The normalized spacial score (nSPS) is 11.2. The molecular formula is C24H21NO6S. The molecule has 0 aromatic heterocycles. The SMILES string of the molecule is COC(=O)c1ccc(/C=C/C(=O)c2ccc(S(=O)(=O)Nc3ccc(OC)cc3)cc2)cc1. The van der Waals surface area contributed by atoms with Gasteiger partial charge in [0.05, 0.1) is 24.7 Å². The van der Waals surface area contributed by atoms with Crippen molar-refractivity contribution in [2.45, 2.75) is 4.90 Å². The lowest BCUT2D eigenvalue weighted by Gasteiger charge is -2.09. The molecule has 1 N–H and O–H groups in total. The molecule has 8 heteroatoms. The Kier molecular flexibility index (Phi) is 7.07. The lowest BCUT2D eigenvalue weighted by molar-refractivity contribution is 0.0600. The van der Waals surface area contributed by atoms with Gasteiger partial charge in [0.1, 0.15) is 5.75 Å². The molecule has 0 atom stereocenters. The van der Waals surface area contributed by atoms with Crippen LogP contribution in [0.1, 0.15) is 26.3 Å². The van der Waals surface area contributed by atoms with Crippen LogP contribution in [-0.2, 0) is 14.8 Å². The molecule has 3 rings (SSSR count). The number of esters is 1. The van der Waals surface area contributed by atoms with Gasteiger partial charge in [-0.15, -0.1) is 0 Å². The molecule has 0 aliphatic rings. The number of carbonyl (C=O) groups is 2. The fraction of sp³-hybridized carbons (Fsp3) is 0.0833. The Morgan fingerprint density at radius 2 is 1.41 bits per heavy atom. The molecule has 0 amide bonds. The van der Waals surface area contributed by atoms with Crippen molar-refractivity contribution < 1.29 is 27.5 Å². The number of ether oxygens (including phenoxy) is 2. The average Bonchev–Trinajstić information content (AvgIpc) is 2.82. The van der Waals surface area contributed by atoms with Crippen LogP contribution in [0.4, 0.5) is 5.69 Å². The second-order valence-electron chi connectivity index (χ2n) is 6.67. The van der Waals surface area contributed by atoms with Crippen molar-refractivity contribution in [2.24, 2.45) is 0 Å². The van der Waals surface area contributed by atoms with Gasteiger partial charge in [-0.1, -0.05) is 18.2 Å². The maximum Gasteiger partial charge on any atom is 0.337 e. The number of ketones is 1. The third-order valence-corrected chi connectivity index (χ3v) is 5.95. The van der Waals surface area contributed by atoms with Gasteiger partial charge in [0.2, 0.25) is 0 Å². The lowest BCUT2D eigenvalue weighted by atomic mass is 10.1. The summed E-state index contributed by atoms with van der Waals surface area (Å²) in [6, 6.07) is 18.7. The van der Waals surface area contributed by atoms with Gasteiger partial charge in [0.25, 0.3) is 10.0 Å². The van der Waals surface area contributed by atoms with Gasteiger partial charge >= 0.3 is 5.97 Å². The van der Waals surface area contributed by atoms with Gasteiger partial charge in [0, 0.05) is 11.3 Å². The van der Waals surface area contributed by atoms with Crippen molar-refractivity contribution >= 4 is 33.5 Å². The number of benzene rings is 3. The third-order valence-electron chi connectivity index (χ3n) is 4.55. The van der Waals surface area contributed by atoms with Crippen molar-refractivity contribution in [3.63, 3.8) is 0 Å². The van der Waals surface area contributed by atoms with Crippen LogP contribution in [0.3, 0.4) is 0 Å². The minimum Gasteiger partial charge on any atom is -0.497 e. The number of anilines is 1. The smallest absolute Gasteiger partial charge is 0.337 e. The molecular weight excluding hydrogens is 430 g/mol. The highest BCUT2D eigenvalue weighted by Gasteiger charge is 2.15. The van der Waals surface area contributed by atoms with Crippen LogP contribution in [0.5, 0.6) is 5.75 Å². The average molecular weight is 452 g/mol. The third kappa shape index (κ3) is 5.61. The van der Waals surface area contributed by atoms with E-state index in [4.69, 9.17) is 4.74 Å². The molecule has 0 bridgehead atoms. The molecule has 3 aromatic carbocycles. The Hall–Kier alpha value is -3.91. The number of sulfonamides is 1. The minimum absolute atomic E-state index is 0.0345. The van der Waals surface area contributed by atoms with E-state index in [1.807, 2.05) is 0 Å². The minimum atomic E-state index is -3.80. The highest BCUT2D eigenvalue weighted by Crippen LogP contribution is 2.20. The molecule has 0 heterocycles. The molecule has 3 aromatic rings. The lowest BCUT2D eigenvalue weighted by Crippen LogP contribution is -2.13. The molecule has 164 valence electrons. The number of carbonyl (C=O) groups excluding carboxylic acids is 2. The molecule has 0 aliphatic heterocycles. The summed E-state index contributed by atoms with van der Waals surface area (Å²) >= 11 is 0. The first-order valence-corrected chi connectivity index (χ1v) is 11.0. The standard InChI is InChI=1S/C24H21NO6S/c1-30-21-12-10-20(11-13-21)25-32(28,29)22-14-8-18(9-15-22)23(26)16-5-17-3-6-19(7-4-17)24(27)31-2/h3-16,25H,1-2H3/b16-5+. The highest BCUT2D eigenvalue weighted by atomic mass is 32.2. The van der Waals surface area contributed by atoms with E-state index >= 15 is 0 Å². The molecule has 0 radical (unpaired) electrons. The summed E-state index contributed by atoms with van der Waals surface area (Å²) < 4.78 is 37.3. The Bertz CT molecular complexity index is 1230. The van der Waals surface area contributed by atoms with Crippen molar-refractivity contribution in [3.05, 3.63) is 95.6 Å². The van der Waals surface area contributed by atoms with E-state index in [2.05, 4.69) is 9.46 Å². The van der Waals surface area contributed by atoms with E-state index in [1.165, 1.54) is 44.6 Å². The van der Waals surface area contributed by atoms with Crippen LogP contribution in [0, 0.1) is 0 Å². The largest absolute Gasteiger partial charge is 0.497 e. The molecule has 0 saturated carbocycles. The molecule has 0 fully saturated rings. The molecule has 0 unspecified atom stereocenters. The number of methoxy groups -OCH3 is 2. The van der Waals surface area contributed by atoms with Crippen LogP contribution in [-0.4, -0.2) is 34.4 Å². The topological polar surface area (TPSA) is 98.8 Å². The van der Waals surface area contributed by atoms with E-state index < -0.39 is 16.0 Å². The molecule has 0 saturated heterocycles. The summed E-state index contributed by atoms with van der Waals surface area (Å²) in [5.41, 5.74) is 1.88. The van der Waals surface area contributed by atoms with E-state index in [-0.39, 0.29) is 10.7 Å². The van der Waals surface area contributed by atoms with Crippen LogP contribution in [0.25, 0.3) is 6.08 Å². The van der Waals surface area contributed by atoms with Crippen LogP contribution >= 0.6 is 0 Å². The molecule has 0 aliphatic carbocycles. The Morgan fingerprint density at radius 3 is 1.97 bits per heavy atom. The van der Waals surface area contributed by atoms with Crippen LogP contribution in [0.2, 0.25) is 0 Å². The summed E-state index contributed by atoms with van der Waals surface area (Å²) in [6.07, 6.45) is 2.99. The Balaban J connectivity index is 1.67. The fourth-order valence-corrected chi connectivity index (χ4v) is 3.85. The van der Waals surface area contributed by atoms with Gasteiger partial charge < -0.3 is 9.47 Å². The molecule has 0 spiro atoms. The molecule has 7 nitrogen and oxygen atoms in total. The van der Waals surface area contributed by atoms with Crippen molar-refractivity contribution in [3.8, 4) is 5.75 Å². The number of hydrogen-bond acceptors (Lipinski definition) is 6. The van der Waals surface area contributed by atoms with E-state index in [9.17, 15) is 18.0 Å². The van der Waals surface area contributed by atoms with Gasteiger partial charge in [-0.25, -0.2) is 13.2 Å². The van der Waals surface area contributed by atoms with E-state index in [0.717, 1.165) is 5.56 Å². The summed E-state index contributed by atoms with van der Waals surface area (Å²) in [5.74, 6) is -0.106. The predicted molar refractivity (Wildman–Crippen MR) is 121 cm³/mol. The van der Waals surface area contributed by atoms with Gasteiger partial charge in [-0.3, -0.25) is 9.52 Å². The first-order chi connectivity index (χ1) is 15.3. The Labute approximate surface area is 186 Å². The van der Waals surface area contributed by atoms with Crippen molar-refractivity contribution in [1.82, 2.24) is 0 Å². The fourth-order valence-electron chi connectivity index (χ4n) is 2.79. The zero-order valence-corrected chi connectivity index (χ0v) is 18.3. The van der Waals surface area contributed by atoms with Gasteiger partial charge in [0.15, 0.2) is 5.78 Å². The summed E-state index contributed by atoms with van der Waals surface area (Å²) in [6.45, 7) is 0. The van der Waals surface area contributed by atoms with Crippen molar-refractivity contribution in [1.29, 1.82) is 0 Å². The van der Waals surface area contributed by atoms with Crippen LogP contribution < -0.4 is 9.46 Å². The Morgan fingerprint density at radius 1 is 0.812 bits per heavy atom. The van der Waals surface area contributed by atoms with E-state index in [0.29, 0.717) is 22.6 Å². The van der Waals surface area contributed by atoms with E-state index in [1.54, 1.807) is 54.6 Å². The zero-order chi connectivity index (χ0) is 23.1. The maximum absolute atomic E-state index is 12.6. The summed E-state index contributed by atoms with van der Waals surface area (Å²) in [5, 5.41) is 0. The van der Waals surface area contributed by atoms with Gasteiger partial charge in [-0.05, 0) is 72.3 Å².